The van der Waals surface area contributed by atoms with E-state index < -0.39 is 6.04 Å². The summed E-state index contributed by atoms with van der Waals surface area (Å²) in [5, 5.41) is 10.4. The number of hydrogen-bond acceptors (Lipinski definition) is 4. The molecule has 0 aliphatic carbocycles. The summed E-state index contributed by atoms with van der Waals surface area (Å²) in [7, 11) is 0. The molecule has 0 radical (unpaired) electrons. The van der Waals surface area contributed by atoms with Crippen LogP contribution in [0.2, 0.25) is 5.02 Å². The summed E-state index contributed by atoms with van der Waals surface area (Å²) < 4.78 is 7.30. The first-order chi connectivity index (χ1) is 16.3. The summed E-state index contributed by atoms with van der Waals surface area (Å²) in [4.78, 5) is 24.9. The number of aromatic nitrogens is 2. The lowest BCUT2D eigenvalue weighted by atomic mass is 10.2. The molecule has 180 valence electrons. The van der Waals surface area contributed by atoms with Gasteiger partial charge >= 0.3 is 0 Å². The van der Waals surface area contributed by atoms with Crippen molar-refractivity contribution in [3.05, 3.63) is 76.6 Å². The summed E-state index contributed by atoms with van der Waals surface area (Å²) in [5.41, 5.74) is 4.05. The summed E-state index contributed by atoms with van der Waals surface area (Å²) in [5.74, 6) is -0.338. The van der Waals surface area contributed by atoms with Gasteiger partial charge in [0, 0.05) is 24.4 Å². The fourth-order valence-electron chi connectivity index (χ4n) is 3.58. The van der Waals surface area contributed by atoms with Gasteiger partial charge in [-0.3, -0.25) is 14.3 Å². The van der Waals surface area contributed by atoms with Gasteiger partial charge in [-0.2, -0.15) is 5.10 Å². The van der Waals surface area contributed by atoms with Crippen LogP contribution in [0.5, 0.6) is 0 Å². The van der Waals surface area contributed by atoms with Crippen molar-refractivity contribution in [2.75, 3.05) is 23.8 Å². The van der Waals surface area contributed by atoms with Crippen LogP contribution in [0, 0.1) is 13.8 Å². The van der Waals surface area contributed by atoms with Crippen LogP contribution in [0.1, 0.15) is 42.8 Å². The van der Waals surface area contributed by atoms with Crippen molar-refractivity contribution in [3.63, 3.8) is 0 Å². The predicted molar refractivity (Wildman–Crippen MR) is 135 cm³/mol. The SMILES string of the molecule is Cc1cc(C)n(C(C)C(=O)Nc2ccc(NC(=O)CCCOCCc3ccccc3)cc2Cl)n1. The van der Waals surface area contributed by atoms with E-state index in [1.807, 2.05) is 38.1 Å². The van der Waals surface area contributed by atoms with Gasteiger partial charge in [0.1, 0.15) is 6.04 Å². The molecule has 1 heterocycles. The molecule has 3 aromatic rings. The molecule has 1 unspecified atom stereocenters. The Kier molecular flexibility index (Phi) is 9.24. The Bertz CT molecular complexity index is 1110. The Hall–Kier alpha value is -3.16. The average Bonchev–Trinajstić information content (AvgIpc) is 3.15. The maximum Gasteiger partial charge on any atom is 0.248 e. The number of rotatable bonds is 11. The molecule has 0 spiro atoms. The molecular formula is C26H31ClN4O3. The summed E-state index contributed by atoms with van der Waals surface area (Å²) in [6.07, 6.45) is 1.84. The maximum atomic E-state index is 12.7. The largest absolute Gasteiger partial charge is 0.381 e. The molecule has 3 rings (SSSR count). The molecule has 34 heavy (non-hydrogen) atoms. The normalized spacial score (nSPS) is 11.8. The molecule has 7 nitrogen and oxygen atoms in total. The second-order valence-corrected chi connectivity index (χ2v) is 8.64. The first-order valence-corrected chi connectivity index (χ1v) is 11.8. The average molecular weight is 483 g/mol. The van der Waals surface area contributed by atoms with Gasteiger partial charge < -0.3 is 15.4 Å². The van der Waals surface area contributed by atoms with Gasteiger partial charge in [0.15, 0.2) is 0 Å². The van der Waals surface area contributed by atoms with E-state index in [2.05, 4.69) is 27.9 Å². The lowest BCUT2D eigenvalue weighted by Gasteiger charge is -2.16. The number of hydrogen-bond donors (Lipinski definition) is 2. The number of nitrogens with one attached hydrogen (secondary N) is 2. The number of aryl methyl sites for hydroxylation is 2. The molecule has 2 N–H and O–H groups in total. The van der Waals surface area contributed by atoms with E-state index in [0.29, 0.717) is 42.5 Å². The molecule has 2 aromatic carbocycles. The molecule has 0 aliphatic heterocycles. The number of nitrogens with zero attached hydrogens (tertiary/aromatic N) is 2. The van der Waals surface area contributed by atoms with Gasteiger partial charge in [0.2, 0.25) is 11.8 Å². The highest BCUT2D eigenvalue weighted by molar-refractivity contribution is 6.34. The molecule has 0 bridgehead atoms. The zero-order valence-electron chi connectivity index (χ0n) is 19.8. The van der Waals surface area contributed by atoms with E-state index in [1.165, 1.54) is 5.56 Å². The van der Waals surface area contributed by atoms with E-state index in [-0.39, 0.29) is 11.8 Å². The van der Waals surface area contributed by atoms with Crippen LogP contribution in [-0.4, -0.2) is 34.8 Å². The maximum absolute atomic E-state index is 12.7. The van der Waals surface area contributed by atoms with Crippen molar-refractivity contribution < 1.29 is 14.3 Å². The van der Waals surface area contributed by atoms with Gasteiger partial charge in [-0.15, -0.1) is 0 Å². The van der Waals surface area contributed by atoms with Crippen LogP contribution in [0.4, 0.5) is 11.4 Å². The summed E-state index contributed by atoms with van der Waals surface area (Å²) in [6, 6.07) is 16.6. The molecule has 1 aromatic heterocycles. The van der Waals surface area contributed by atoms with E-state index in [0.717, 1.165) is 17.8 Å². The first-order valence-electron chi connectivity index (χ1n) is 11.4. The molecule has 0 aliphatic rings. The number of halogens is 1. The third-order valence-electron chi connectivity index (χ3n) is 5.37. The monoisotopic (exact) mass is 482 g/mol. The Morgan fingerprint density at radius 3 is 2.50 bits per heavy atom. The van der Waals surface area contributed by atoms with Crippen LogP contribution in [-0.2, 0) is 20.7 Å². The van der Waals surface area contributed by atoms with Crippen LogP contribution in [0.3, 0.4) is 0 Å². The minimum atomic E-state index is -0.487. The Balaban J connectivity index is 1.41. The number of amides is 2. The van der Waals surface area contributed by atoms with Gasteiger partial charge in [-0.05, 0) is 63.4 Å². The Morgan fingerprint density at radius 2 is 1.82 bits per heavy atom. The van der Waals surface area contributed by atoms with Crippen molar-refractivity contribution in [2.24, 2.45) is 0 Å². The second-order valence-electron chi connectivity index (χ2n) is 8.23. The second kappa shape index (κ2) is 12.3. The van der Waals surface area contributed by atoms with E-state index >= 15 is 0 Å². The molecule has 1 atom stereocenters. The number of carbonyl (C=O) groups is 2. The van der Waals surface area contributed by atoms with Gasteiger partial charge in [-0.25, -0.2) is 0 Å². The Labute approximate surface area is 205 Å². The number of anilines is 2. The first kappa shape index (κ1) is 25.5. The van der Waals surface area contributed by atoms with Crippen molar-refractivity contribution in [3.8, 4) is 0 Å². The van der Waals surface area contributed by atoms with Gasteiger partial charge in [0.05, 0.1) is 23.0 Å². The van der Waals surface area contributed by atoms with E-state index in [9.17, 15) is 9.59 Å². The third kappa shape index (κ3) is 7.43. The molecule has 8 heteroatoms. The third-order valence-corrected chi connectivity index (χ3v) is 5.68. The van der Waals surface area contributed by atoms with Crippen molar-refractivity contribution in [1.29, 1.82) is 0 Å². The number of carbonyl (C=O) groups excluding carboxylic acids is 2. The molecular weight excluding hydrogens is 452 g/mol. The highest BCUT2D eigenvalue weighted by Gasteiger charge is 2.19. The summed E-state index contributed by atoms with van der Waals surface area (Å²) in [6.45, 7) is 6.73. The van der Waals surface area contributed by atoms with Crippen LogP contribution < -0.4 is 10.6 Å². The fourth-order valence-corrected chi connectivity index (χ4v) is 3.80. The van der Waals surface area contributed by atoms with Crippen molar-refractivity contribution >= 4 is 34.8 Å². The highest BCUT2D eigenvalue weighted by atomic mass is 35.5. The summed E-state index contributed by atoms with van der Waals surface area (Å²) >= 11 is 6.35. The van der Waals surface area contributed by atoms with Crippen LogP contribution in [0.15, 0.2) is 54.6 Å². The lowest BCUT2D eigenvalue weighted by molar-refractivity contribution is -0.119. The number of benzene rings is 2. The van der Waals surface area contributed by atoms with Crippen LogP contribution in [0.25, 0.3) is 0 Å². The zero-order chi connectivity index (χ0) is 24.5. The minimum Gasteiger partial charge on any atom is -0.381 e. The minimum absolute atomic E-state index is 0.113. The highest BCUT2D eigenvalue weighted by Crippen LogP contribution is 2.26. The zero-order valence-corrected chi connectivity index (χ0v) is 20.6. The van der Waals surface area contributed by atoms with E-state index in [1.54, 1.807) is 29.8 Å². The van der Waals surface area contributed by atoms with Gasteiger partial charge in [-0.1, -0.05) is 41.9 Å². The topological polar surface area (TPSA) is 85.2 Å². The van der Waals surface area contributed by atoms with E-state index in [4.69, 9.17) is 16.3 Å². The van der Waals surface area contributed by atoms with Gasteiger partial charge in [0.25, 0.3) is 0 Å². The predicted octanol–water partition coefficient (Wildman–Crippen LogP) is 5.33. The van der Waals surface area contributed by atoms with Crippen molar-refractivity contribution in [2.45, 2.75) is 46.1 Å². The Morgan fingerprint density at radius 1 is 1.06 bits per heavy atom. The standard InChI is InChI=1S/C26H31ClN4O3/c1-18-16-19(2)31(30-18)20(3)26(33)29-24-12-11-22(17-23(24)27)28-25(32)10-7-14-34-15-13-21-8-5-4-6-9-21/h4-6,8-9,11-12,16-17,20H,7,10,13-15H2,1-3H3,(H,28,32)(H,29,33). The molecule has 0 saturated carbocycles. The molecule has 0 saturated heterocycles. The quantitative estimate of drug-likeness (QED) is 0.362. The van der Waals surface area contributed by atoms with Crippen molar-refractivity contribution in [1.82, 2.24) is 9.78 Å². The van der Waals surface area contributed by atoms with Crippen LogP contribution >= 0.6 is 11.6 Å². The number of ether oxygens (including phenoxy) is 1. The smallest absolute Gasteiger partial charge is 0.248 e. The lowest BCUT2D eigenvalue weighted by Crippen LogP contribution is -2.25. The fraction of sp³-hybridized carbons (Fsp3) is 0.346. The molecule has 0 fully saturated rings. The molecule has 2 amide bonds.